The molecule has 2 heterocycles. The van der Waals surface area contributed by atoms with E-state index in [4.69, 9.17) is 9.84 Å². The molecule has 0 bridgehead atoms. The minimum absolute atomic E-state index is 0.215. The van der Waals surface area contributed by atoms with Crippen molar-refractivity contribution in [1.29, 1.82) is 0 Å². The molecule has 0 amide bonds. The molecular formula is C23H23BrN4O2S. The van der Waals surface area contributed by atoms with E-state index in [0.29, 0.717) is 16.7 Å². The second-order valence-corrected chi connectivity index (χ2v) is 9.37. The van der Waals surface area contributed by atoms with Gasteiger partial charge in [-0.2, -0.15) is 4.98 Å². The number of ether oxygens (including phenoxy) is 1. The van der Waals surface area contributed by atoms with Crippen LogP contribution >= 0.6 is 27.7 Å². The fourth-order valence-corrected chi connectivity index (χ4v) is 4.46. The van der Waals surface area contributed by atoms with Crippen molar-refractivity contribution in [3.63, 3.8) is 0 Å². The second kappa shape index (κ2) is 9.28. The highest BCUT2D eigenvalue weighted by atomic mass is 79.9. The van der Waals surface area contributed by atoms with E-state index >= 15 is 0 Å². The van der Waals surface area contributed by atoms with Gasteiger partial charge in [0.05, 0.1) is 11.7 Å². The van der Waals surface area contributed by atoms with Crippen LogP contribution in [0.15, 0.2) is 75.5 Å². The molecule has 0 saturated carbocycles. The van der Waals surface area contributed by atoms with Gasteiger partial charge in [0.25, 0.3) is 0 Å². The lowest BCUT2D eigenvalue weighted by molar-refractivity contribution is -0.143. The maximum Gasteiger partial charge on any atom is 0.338 e. The molecule has 2 aromatic carbocycles. The maximum absolute atomic E-state index is 13.0. The highest BCUT2D eigenvalue weighted by molar-refractivity contribution is 9.10. The Morgan fingerprint density at radius 1 is 1.19 bits per heavy atom. The third-order valence-electron chi connectivity index (χ3n) is 4.79. The predicted molar refractivity (Wildman–Crippen MR) is 126 cm³/mol. The molecule has 160 valence electrons. The number of allylic oxidation sites excluding steroid dienone is 1. The maximum atomic E-state index is 13.0. The van der Waals surface area contributed by atoms with Crippen LogP contribution in [0.25, 0.3) is 0 Å². The van der Waals surface area contributed by atoms with Gasteiger partial charge in [-0.05, 0) is 44.0 Å². The monoisotopic (exact) mass is 498 g/mol. The fraction of sp³-hybridized carbons (Fsp3) is 0.261. The smallest absolute Gasteiger partial charge is 0.338 e. The number of carbonyl (C=O) groups excluding carboxylic acids is 1. The summed E-state index contributed by atoms with van der Waals surface area (Å²) in [6.07, 6.45) is -0.215. The van der Waals surface area contributed by atoms with E-state index in [1.165, 1.54) is 5.56 Å². The molecule has 6 nitrogen and oxygen atoms in total. The van der Waals surface area contributed by atoms with Crippen LogP contribution in [-0.4, -0.2) is 26.8 Å². The average Bonchev–Trinajstić information content (AvgIpc) is 3.14. The summed E-state index contributed by atoms with van der Waals surface area (Å²) in [6, 6.07) is 17.7. The summed E-state index contributed by atoms with van der Waals surface area (Å²) < 4.78 is 8.30. The van der Waals surface area contributed by atoms with Crippen LogP contribution in [0.5, 0.6) is 0 Å². The fourth-order valence-electron chi connectivity index (χ4n) is 3.41. The average molecular weight is 499 g/mol. The summed E-state index contributed by atoms with van der Waals surface area (Å²) in [5.41, 5.74) is 3.39. The number of rotatable bonds is 6. The Labute approximate surface area is 194 Å². The molecule has 0 fully saturated rings. The zero-order valence-electron chi connectivity index (χ0n) is 17.5. The topological polar surface area (TPSA) is 69.0 Å². The predicted octanol–water partition coefficient (Wildman–Crippen LogP) is 5.57. The number of fused-ring (bicyclic) bond motifs is 1. The van der Waals surface area contributed by atoms with Crippen molar-refractivity contribution in [3.05, 3.63) is 81.5 Å². The molecular weight excluding hydrogens is 476 g/mol. The molecule has 0 spiro atoms. The van der Waals surface area contributed by atoms with Gasteiger partial charge in [-0.15, -0.1) is 5.10 Å². The molecule has 1 N–H and O–H groups in total. The lowest BCUT2D eigenvalue weighted by Gasteiger charge is -2.28. The van der Waals surface area contributed by atoms with Crippen LogP contribution in [-0.2, 0) is 15.3 Å². The summed E-state index contributed by atoms with van der Waals surface area (Å²) in [7, 11) is 0. The quantitative estimate of drug-likeness (QED) is 0.353. The summed E-state index contributed by atoms with van der Waals surface area (Å²) in [4.78, 5) is 17.7. The number of thioether (sulfide) groups is 1. The van der Waals surface area contributed by atoms with Gasteiger partial charge in [-0.1, -0.05) is 70.2 Å². The number of carbonyl (C=O) groups is 1. The number of anilines is 1. The largest absolute Gasteiger partial charge is 0.459 e. The number of nitrogens with zero attached hydrogens (tertiary/aromatic N) is 3. The Bertz CT molecular complexity index is 1110. The van der Waals surface area contributed by atoms with Crippen molar-refractivity contribution in [3.8, 4) is 0 Å². The van der Waals surface area contributed by atoms with Crippen molar-refractivity contribution in [1.82, 2.24) is 14.8 Å². The molecule has 1 atom stereocenters. The Hall–Kier alpha value is -2.58. The van der Waals surface area contributed by atoms with Gasteiger partial charge < -0.3 is 10.1 Å². The van der Waals surface area contributed by atoms with E-state index in [1.54, 1.807) is 16.4 Å². The zero-order chi connectivity index (χ0) is 22.0. The number of aromatic nitrogens is 3. The van der Waals surface area contributed by atoms with Crippen molar-refractivity contribution >= 4 is 39.6 Å². The molecule has 3 aromatic rings. The zero-order valence-corrected chi connectivity index (χ0v) is 19.9. The Morgan fingerprint density at radius 3 is 2.58 bits per heavy atom. The number of esters is 1. The minimum Gasteiger partial charge on any atom is -0.459 e. The summed E-state index contributed by atoms with van der Waals surface area (Å²) in [6.45, 7) is 5.56. The van der Waals surface area contributed by atoms with Crippen molar-refractivity contribution in [2.24, 2.45) is 0 Å². The van der Waals surface area contributed by atoms with Crippen LogP contribution < -0.4 is 5.32 Å². The molecule has 31 heavy (non-hydrogen) atoms. The first-order valence-electron chi connectivity index (χ1n) is 10.00. The molecule has 4 rings (SSSR count). The Kier molecular flexibility index (Phi) is 6.48. The SMILES string of the molecule is CC1=C(C(=O)OC(C)C)C(c2ccc(Br)cc2)n2nc(SCc3ccccc3)nc2N1. The van der Waals surface area contributed by atoms with Crippen LogP contribution in [0, 0.1) is 0 Å². The molecule has 8 heteroatoms. The number of benzene rings is 2. The van der Waals surface area contributed by atoms with Gasteiger partial charge in [0.15, 0.2) is 0 Å². The molecule has 0 radical (unpaired) electrons. The van der Waals surface area contributed by atoms with E-state index in [0.717, 1.165) is 21.5 Å². The summed E-state index contributed by atoms with van der Waals surface area (Å²) in [5, 5.41) is 8.64. The molecule has 1 aliphatic heterocycles. The van der Waals surface area contributed by atoms with Gasteiger partial charge in [0, 0.05) is 15.9 Å². The molecule has 0 aliphatic carbocycles. The van der Waals surface area contributed by atoms with Gasteiger partial charge >= 0.3 is 5.97 Å². The van der Waals surface area contributed by atoms with E-state index in [-0.39, 0.29) is 12.1 Å². The standard InChI is InChI=1S/C23H23BrN4O2S/c1-14(2)30-21(29)19-15(3)25-22-26-23(31-13-16-7-5-4-6-8-16)27-28(22)20(19)17-9-11-18(24)12-10-17/h4-12,14,20H,13H2,1-3H3,(H,25,26,27). The van der Waals surface area contributed by atoms with Gasteiger partial charge in [0.1, 0.15) is 6.04 Å². The van der Waals surface area contributed by atoms with Crippen LogP contribution in [0.4, 0.5) is 5.95 Å². The first-order chi connectivity index (χ1) is 14.9. The second-order valence-electron chi connectivity index (χ2n) is 7.51. The first-order valence-corrected chi connectivity index (χ1v) is 11.8. The lowest BCUT2D eigenvalue weighted by Crippen LogP contribution is -2.30. The van der Waals surface area contributed by atoms with Crippen molar-refractivity contribution in [2.45, 2.75) is 43.8 Å². The first kappa shape index (κ1) is 21.6. The third-order valence-corrected chi connectivity index (χ3v) is 6.23. The van der Waals surface area contributed by atoms with Crippen LogP contribution in [0.3, 0.4) is 0 Å². The van der Waals surface area contributed by atoms with Gasteiger partial charge in [-0.3, -0.25) is 0 Å². The van der Waals surface area contributed by atoms with Gasteiger partial charge in [-0.25, -0.2) is 9.48 Å². The highest BCUT2D eigenvalue weighted by Gasteiger charge is 2.35. The lowest BCUT2D eigenvalue weighted by atomic mass is 9.96. The summed E-state index contributed by atoms with van der Waals surface area (Å²) >= 11 is 5.05. The third kappa shape index (κ3) is 4.85. The summed E-state index contributed by atoms with van der Waals surface area (Å²) in [5.74, 6) is 1.02. The number of halogens is 1. The van der Waals surface area contributed by atoms with E-state index in [1.807, 2.05) is 63.2 Å². The Morgan fingerprint density at radius 2 is 1.90 bits per heavy atom. The number of nitrogens with one attached hydrogen (secondary N) is 1. The van der Waals surface area contributed by atoms with E-state index in [9.17, 15) is 4.79 Å². The minimum atomic E-state index is -0.422. The molecule has 1 aliphatic rings. The van der Waals surface area contributed by atoms with Crippen molar-refractivity contribution in [2.75, 3.05) is 5.32 Å². The molecule has 1 unspecified atom stereocenters. The number of hydrogen-bond donors (Lipinski definition) is 1. The van der Waals surface area contributed by atoms with Crippen molar-refractivity contribution < 1.29 is 9.53 Å². The van der Waals surface area contributed by atoms with Crippen LogP contribution in [0.1, 0.15) is 37.9 Å². The van der Waals surface area contributed by atoms with Gasteiger partial charge in [0.2, 0.25) is 11.1 Å². The normalized spacial score (nSPS) is 15.6. The molecule has 0 saturated heterocycles. The van der Waals surface area contributed by atoms with E-state index in [2.05, 4.69) is 38.4 Å². The number of hydrogen-bond acceptors (Lipinski definition) is 6. The Balaban J connectivity index is 1.70. The van der Waals surface area contributed by atoms with Crippen LogP contribution in [0.2, 0.25) is 0 Å². The highest BCUT2D eigenvalue weighted by Crippen LogP contribution is 2.37. The molecule has 1 aromatic heterocycles. The van der Waals surface area contributed by atoms with E-state index < -0.39 is 6.04 Å².